The fraction of sp³-hybridized carbons (Fsp3) is 1.00. The van der Waals surface area contributed by atoms with E-state index in [-0.39, 0.29) is 12.1 Å². The van der Waals surface area contributed by atoms with Gasteiger partial charge in [0, 0.05) is 5.54 Å². The number of unbranched alkanes of at least 4 members (excludes halogenated alkanes) is 13. The van der Waals surface area contributed by atoms with Crippen LogP contribution in [0.15, 0.2) is 0 Å². The summed E-state index contributed by atoms with van der Waals surface area (Å²) in [6, 6.07) is 0. The molecule has 0 spiro atoms. The van der Waals surface area contributed by atoms with Gasteiger partial charge in [-0.05, 0) is 27.2 Å². The van der Waals surface area contributed by atoms with E-state index in [0.29, 0.717) is 0 Å². The van der Waals surface area contributed by atoms with Gasteiger partial charge in [0.1, 0.15) is 0 Å². The third-order valence-corrected chi connectivity index (χ3v) is 4.98. The van der Waals surface area contributed by atoms with Gasteiger partial charge in [0.25, 0.3) is 0 Å². The van der Waals surface area contributed by atoms with Crippen LogP contribution in [0.3, 0.4) is 0 Å². The minimum atomic E-state index is -4.17. The molecule has 0 unspecified atom stereocenters. The normalized spacial score (nSPS) is 11.9. The highest BCUT2D eigenvalue weighted by atomic mass is 32.3. The van der Waals surface area contributed by atoms with Crippen LogP contribution in [0.5, 0.6) is 0 Å². The smallest absolute Gasteiger partial charge is 0.326 e. The van der Waals surface area contributed by atoms with Crippen molar-refractivity contribution in [3.05, 3.63) is 0 Å². The fourth-order valence-electron chi connectivity index (χ4n) is 2.92. The average molecular weight is 410 g/mol. The van der Waals surface area contributed by atoms with E-state index < -0.39 is 10.4 Å². The average Bonchev–Trinajstić information content (AvgIpc) is 2.53. The van der Waals surface area contributed by atoms with E-state index in [1.54, 1.807) is 0 Å². The predicted octanol–water partition coefficient (Wildman–Crippen LogP) is 6.42. The maximum atomic E-state index is 9.56. The van der Waals surface area contributed by atoms with Gasteiger partial charge in [-0.15, -0.1) is 0 Å². The molecule has 0 aliphatic carbocycles. The Balaban J connectivity index is 0. The SMILES string of the molecule is CCCCCCCCCCCCCCCCC(C)(C)N.CCOS(=O)(=O)O. The lowest BCUT2D eigenvalue weighted by atomic mass is 9.97. The van der Waals surface area contributed by atoms with E-state index in [2.05, 4.69) is 25.0 Å². The van der Waals surface area contributed by atoms with Crippen molar-refractivity contribution in [2.75, 3.05) is 6.61 Å². The van der Waals surface area contributed by atoms with Gasteiger partial charge >= 0.3 is 10.4 Å². The molecule has 0 rings (SSSR count). The molecular formula is C21H47NO4S. The molecule has 3 N–H and O–H groups in total. The fourth-order valence-corrected chi connectivity index (χ4v) is 3.22. The molecule has 5 nitrogen and oxygen atoms in total. The van der Waals surface area contributed by atoms with Gasteiger partial charge in [-0.3, -0.25) is 4.55 Å². The minimum absolute atomic E-state index is 0.0289. The zero-order valence-electron chi connectivity index (χ0n) is 18.5. The molecule has 0 aromatic rings. The van der Waals surface area contributed by atoms with Gasteiger partial charge in [-0.25, -0.2) is 4.18 Å². The third kappa shape index (κ3) is 33.8. The molecule has 0 saturated carbocycles. The molecule has 166 valence electrons. The van der Waals surface area contributed by atoms with Gasteiger partial charge < -0.3 is 5.73 Å². The topological polar surface area (TPSA) is 89.6 Å². The van der Waals surface area contributed by atoms with Crippen molar-refractivity contribution < 1.29 is 17.2 Å². The summed E-state index contributed by atoms with van der Waals surface area (Å²) < 4.78 is 30.7. The Bertz CT molecular complexity index is 391. The van der Waals surface area contributed by atoms with E-state index in [4.69, 9.17) is 10.3 Å². The monoisotopic (exact) mass is 409 g/mol. The number of hydrogen-bond donors (Lipinski definition) is 2. The molecule has 27 heavy (non-hydrogen) atoms. The molecule has 6 heteroatoms. The van der Waals surface area contributed by atoms with Crippen molar-refractivity contribution in [2.45, 2.75) is 130 Å². The molecule has 0 atom stereocenters. The predicted molar refractivity (Wildman–Crippen MR) is 116 cm³/mol. The Kier molecular flexibility index (Phi) is 20.6. The first-order valence-electron chi connectivity index (χ1n) is 11.0. The summed E-state index contributed by atoms with van der Waals surface area (Å²) >= 11 is 0. The molecular weight excluding hydrogens is 362 g/mol. The molecule has 0 radical (unpaired) electrons. The van der Waals surface area contributed by atoms with E-state index in [1.165, 1.54) is 103 Å². The second-order valence-corrected chi connectivity index (χ2v) is 9.26. The van der Waals surface area contributed by atoms with Crippen molar-refractivity contribution in [2.24, 2.45) is 5.73 Å². The van der Waals surface area contributed by atoms with E-state index >= 15 is 0 Å². The largest absolute Gasteiger partial charge is 0.397 e. The lowest BCUT2D eigenvalue weighted by Crippen LogP contribution is -2.31. The quantitative estimate of drug-likeness (QED) is 0.214. The minimum Gasteiger partial charge on any atom is -0.326 e. The molecule has 0 saturated heterocycles. The van der Waals surface area contributed by atoms with Crippen molar-refractivity contribution >= 4 is 10.4 Å². The first kappa shape index (κ1) is 29.0. The summed E-state index contributed by atoms with van der Waals surface area (Å²) in [5.41, 5.74) is 6.02. The zero-order chi connectivity index (χ0) is 21.0. The Morgan fingerprint density at radius 1 is 0.741 bits per heavy atom. The molecule has 0 heterocycles. The van der Waals surface area contributed by atoms with Crippen LogP contribution < -0.4 is 5.73 Å². The van der Waals surface area contributed by atoms with E-state index in [1.807, 2.05) is 0 Å². The maximum Gasteiger partial charge on any atom is 0.397 e. The van der Waals surface area contributed by atoms with Crippen LogP contribution in [0.1, 0.15) is 124 Å². The summed E-state index contributed by atoms with van der Waals surface area (Å²) in [7, 11) is -4.17. The second kappa shape index (κ2) is 19.2. The van der Waals surface area contributed by atoms with Gasteiger partial charge in [-0.1, -0.05) is 96.8 Å². The van der Waals surface area contributed by atoms with Crippen molar-refractivity contribution in [3.8, 4) is 0 Å². The Morgan fingerprint density at radius 2 is 1.07 bits per heavy atom. The van der Waals surface area contributed by atoms with Gasteiger partial charge in [-0.2, -0.15) is 8.42 Å². The molecule has 0 aromatic heterocycles. The Labute approximate surface area is 169 Å². The van der Waals surface area contributed by atoms with Crippen LogP contribution in [0.2, 0.25) is 0 Å². The van der Waals surface area contributed by atoms with Gasteiger partial charge in [0.2, 0.25) is 0 Å². The number of hydrogen-bond acceptors (Lipinski definition) is 4. The van der Waals surface area contributed by atoms with Crippen LogP contribution in [0, 0.1) is 0 Å². The molecule has 0 fully saturated rings. The van der Waals surface area contributed by atoms with Crippen LogP contribution in [0.4, 0.5) is 0 Å². The molecule has 0 aromatic carbocycles. The van der Waals surface area contributed by atoms with Gasteiger partial charge in [0.05, 0.1) is 6.61 Å². The van der Waals surface area contributed by atoms with Crippen molar-refractivity contribution in [1.29, 1.82) is 0 Å². The van der Waals surface area contributed by atoms with Crippen molar-refractivity contribution in [1.82, 2.24) is 0 Å². The maximum absolute atomic E-state index is 9.56. The molecule has 0 aliphatic heterocycles. The number of nitrogens with two attached hydrogens (primary N) is 1. The molecule has 0 bridgehead atoms. The highest BCUT2D eigenvalue weighted by Gasteiger charge is 2.08. The van der Waals surface area contributed by atoms with Crippen LogP contribution in [0.25, 0.3) is 0 Å². The standard InChI is InChI=1S/C19H41N.C2H6O4S/c1-4-5-6-7-8-9-10-11-12-13-14-15-16-17-18-19(2,3)20;1-2-6-7(3,4)5/h4-18,20H2,1-3H3;2H2,1H3,(H,3,4,5). The summed E-state index contributed by atoms with van der Waals surface area (Å²) in [5.74, 6) is 0. The van der Waals surface area contributed by atoms with Crippen molar-refractivity contribution in [3.63, 3.8) is 0 Å². The van der Waals surface area contributed by atoms with Gasteiger partial charge in [0.15, 0.2) is 0 Å². The highest BCUT2D eigenvalue weighted by Crippen LogP contribution is 2.15. The second-order valence-electron chi connectivity index (χ2n) is 8.17. The third-order valence-electron chi connectivity index (χ3n) is 4.44. The first-order valence-corrected chi connectivity index (χ1v) is 12.4. The Hall–Kier alpha value is -0.170. The summed E-state index contributed by atoms with van der Waals surface area (Å²) in [5, 5.41) is 0. The lowest BCUT2D eigenvalue weighted by Gasteiger charge is -2.17. The van der Waals surface area contributed by atoms with Crippen LogP contribution >= 0.6 is 0 Å². The van der Waals surface area contributed by atoms with Crippen LogP contribution in [-0.4, -0.2) is 25.1 Å². The van der Waals surface area contributed by atoms with Crippen LogP contribution in [-0.2, 0) is 14.6 Å². The zero-order valence-corrected chi connectivity index (χ0v) is 19.3. The molecule has 0 aliphatic rings. The Morgan fingerprint density at radius 3 is 1.30 bits per heavy atom. The number of rotatable bonds is 17. The van der Waals surface area contributed by atoms with E-state index in [9.17, 15) is 8.42 Å². The summed E-state index contributed by atoms with van der Waals surface area (Å²) in [6.45, 7) is 7.99. The van der Waals surface area contributed by atoms with E-state index in [0.717, 1.165) is 0 Å². The highest BCUT2D eigenvalue weighted by molar-refractivity contribution is 7.80. The summed E-state index contributed by atoms with van der Waals surface area (Å²) in [4.78, 5) is 0. The molecule has 0 amide bonds. The first-order chi connectivity index (χ1) is 12.6. The summed E-state index contributed by atoms with van der Waals surface area (Å²) in [6.07, 6.45) is 21.2. The lowest BCUT2D eigenvalue weighted by molar-refractivity contribution is 0.283.